The van der Waals surface area contributed by atoms with Gasteiger partial charge in [0.15, 0.2) is 0 Å². The highest BCUT2D eigenvalue weighted by Gasteiger charge is 2.06. The van der Waals surface area contributed by atoms with Gasteiger partial charge in [0.25, 0.3) is 0 Å². The number of rotatable bonds is 5. The van der Waals surface area contributed by atoms with Crippen LogP contribution in [0.15, 0.2) is 26.6 Å². The molecular formula is C14H19BrN2OS. The van der Waals surface area contributed by atoms with Crippen molar-refractivity contribution in [1.82, 2.24) is 5.43 Å². The Morgan fingerprint density at radius 2 is 2.05 bits per heavy atom. The van der Waals surface area contributed by atoms with E-state index in [4.69, 9.17) is 0 Å². The van der Waals surface area contributed by atoms with E-state index >= 15 is 0 Å². The molecule has 104 valence electrons. The molecular weight excluding hydrogens is 324 g/mol. The number of hydrazone groups is 1. The van der Waals surface area contributed by atoms with E-state index in [-0.39, 0.29) is 5.91 Å². The van der Waals surface area contributed by atoms with Crippen molar-refractivity contribution in [2.24, 2.45) is 5.10 Å². The molecule has 0 unspecified atom stereocenters. The Morgan fingerprint density at radius 1 is 1.37 bits per heavy atom. The zero-order valence-corrected chi connectivity index (χ0v) is 14.1. The third kappa shape index (κ3) is 5.37. The number of hydrogen-bond donors (Lipinski definition) is 1. The molecule has 0 aliphatic heterocycles. The van der Waals surface area contributed by atoms with Gasteiger partial charge >= 0.3 is 0 Å². The first-order valence-corrected chi connectivity index (χ1v) is 7.93. The van der Waals surface area contributed by atoms with Crippen LogP contribution in [-0.4, -0.2) is 17.4 Å². The van der Waals surface area contributed by atoms with E-state index in [0.717, 1.165) is 21.5 Å². The molecule has 0 atom stereocenters. The zero-order valence-electron chi connectivity index (χ0n) is 11.7. The molecule has 0 fully saturated rings. The SMILES string of the molecule is CC/C(C)=N/NC(=O)CSc1cc(C)c(Br)cc1C. The normalized spacial score (nSPS) is 11.5. The number of carbonyl (C=O) groups is 1. The van der Waals surface area contributed by atoms with E-state index in [1.165, 1.54) is 22.9 Å². The van der Waals surface area contributed by atoms with Gasteiger partial charge in [-0.1, -0.05) is 22.9 Å². The van der Waals surface area contributed by atoms with E-state index in [9.17, 15) is 4.79 Å². The van der Waals surface area contributed by atoms with Gasteiger partial charge in [0.05, 0.1) is 5.75 Å². The number of nitrogens with one attached hydrogen (secondary N) is 1. The summed E-state index contributed by atoms with van der Waals surface area (Å²) in [6.07, 6.45) is 0.846. The fourth-order valence-electron chi connectivity index (χ4n) is 1.32. The van der Waals surface area contributed by atoms with Gasteiger partial charge in [-0.25, -0.2) is 5.43 Å². The van der Waals surface area contributed by atoms with Crippen LogP contribution in [0.5, 0.6) is 0 Å². The lowest BCUT2D eigenvalue weighted by molar-refractivity contribution is -0.118. The predicted molar refractivity (Wildman–Crippen MR) is 85.9 cm³/mol. The van der Waals surface area contributed by atoms with Gasteiger partial charge in [0.2, 0.25) is 5.91 Å². The fraction of sp³-hybridized carbons (Fsp3) is 0.429. The lowest BCUT2D eigenvalue weighted by Crippen LogP contribution is -2.20. The highest BCUT2D eigenvalue weighted by molar-refractivity contribution is 9.10. The maximum absolute atomic E-state index is 11.7. The first-order valence-electron chi connectivity index (χ1n) is 6.15. The molecule has 0 radical (unpaired) electrons. The predicted octanol–water partition coefficient (Wildman–Crippen LogP) is 4.06. The Bertz CT molecular complexity index is 500. The number of amides is 1. The molecule has 3 nitrogen and oxygen atoms in total. The summed E-state index contributed by atoms with van der Waals surface area (Å²) in [4.78, 5) is 12.8. The van der Waals surface area contributed by atoms with E-state index < -0.39 is 0 Å². The van der Waals surface area contributed by atoms with Crippen LogP contribution in [0, 0.1) is 13.8 Å². The largest absolute Gasteiger partial charge is 0.272 e. The van der Waals surface area contributed by atoms with Gasteiger partial charge in [0, 0.05) is 15.1 Å². The molecule has 0 spiro atoms. The standard InChI is InChI=1S/C14H19BrN2OS/c1-5-11(4)16-17-14(18)8-19-13-7-9(2)12(15)6-10(13)3/h6-7H,5,8H2,1-4H3,(H,17,18)/b16-11+. The van der Waals surface area contributed by atoms with Gasteiger partial charge in [-0.05, 0) is 50.5 Å². The minimum atomic E-state index is -0.0715. The zero-order chi connectivity index (χ0) is 14.4. The molecule has 0 saturated heterocycles. The summed E-state index contributed by atoms with van der Waals surface area (Å²) < 4.78 is 1.10. The van der Waals surface area contributed by atoms with Crippen molar-refractivity contribution in [3.05, 3.63) is 27.7 Å². The van der Waals surface area contributed by atoms with Crippen molar-refractivity contribution in [3.8, 4) is 0 Å². The Labute approximate surface area is 127 Å². The lowest BCUT2D eigenvalue weighted by atomic mass is 10.2. The van der Waals surface area contributed by atoms with Crippen LogP contribution in [-0.2, 0) is 4.79 Å². The van der Waals surface area contributed by atoms with Gasteiger partial charge in [0.1, 0.15) is 0 Å². The molecule has 0 bridgehead atoms. The number of thioether (sulfide) groups is 1. The summed E-state index contributed by atoms with van der Waals surface area (Å²) in [5.41, 5.74) is 5.84. The maximum Gasteiger partial charge on any atom is 0.250 e. The summed E-state index contributed by atoms with van der Waals surface area (Å²) in [6.45, 7) is 8.00. The molecule has 0 aliphatic rings. The highest BCUT2D eigenvalue weighted by atomic mass is 79.9. The third-order valence-corrected chi connectivity index (χ3v) is 4.71. The first kappa shape index (κ1) is 16.2. The lowest BCUT2D eigenvalue weighted by Gasteiger charge is -2.08. The van der Waals surface area contributed by atoms with Crippen molar-refractivity contribution in [1.29, 1.82) is 0 Å². The monoisotopic (exact) mass is 342 g/mol. The van der Waals surface area contributed by atoms with Crippen molar-refractivity contribution in [2.45, 2.75) is 39.0 Å². The first-order chi connectivity index (χ1) is 8.93. The van der Waals surface area contributed by atoms with Crippen LogP contribution in [0.3, 0.4) is 0 Å². The van der Waals surface area contributed by atoms with Crippen molar-refractivity contribution >= 4 is 39.3 Å². The smallest absolute Gasteiger partial charge is 0.250 e. The number of benzene rings is 1. The van der Waals surface area contributed by atoms with Gasteiger partial charge in [-0.3, -0.25) is 4.79 Å². The molecule has 5 heteroatoms. The second kappa shape index (κ2) is 7.70. The molecule has 1 aromatic rings. The number of carbonyl (C=O) groups excluding carboxylic acids is 1. The molecule has 0 aliphatic carbocycles. The van der Waals surface area contributed by atoms with Crippen LogP contribution in [0.2, 0.25) is 0 Å². The average molecular weight is 343 g/mol. The van der Waals surface area contributed by atoms with Gasteiger partial charge < -0.3 is 0 Å². The summed E-state index contributed by atoms with van der Waals surface area (Å²) in [6, 6.07) is 4.17. The number of halogens is 1. The molecule has 0 saturated carbocycles. The average Bonchev–Trinajstić information content (AvgIpc) is 2.38. The number of hydrogen-bond acceptors (Lipinski definition) is 3. The minimum Gasteiger partial charge on any atom is -0.272 e. The molecule has 1 aromatic carbocycles. The molecule has 19 heavy (non-hydrogen) atoms. The topological polar surface area (TPSA) is 41.5 Å². The van der Waals surface area contributed by atoms with Crippen molar-refractivity contribution in [2.75, 3.05) is 5.75 Å². The van der Waals surface area contributed by atoms with Crippen LogP contribution in [0.25, 0.3) is 0 Å². The van der Waals surface area contributed by atoms with E-state index in [2.05, 4.69) is 38.6 Å². The highest BCUT2D eigenvalue weighted by Crippen LogP contribution is 2.28. The minimum absolute atomic E-state index is 0.0715. The Hall–Kier alpha value is -0.810. The molecule has 1 amide bonds. The second-order valence-corrected chi connectivity index (χ2v) is 6.26. The third-order valence-electron chi connectivity index (χ3n) is 2.70. The summed E-state index contributed by atoms with van der Waals surface area (Å²) in [7, 11) is 0. The Morgan fingerprint density at radius 3 is 2.68 bits per heavy atom. The second-order valence-electron chi connectivity index (χ2n) is 4.39. The van der Waals surface area contributed by atoms with E-state index in [1.54, 1.807) is 0 Å². The van der Waals surface area contributed by atoms with Crippen molar-refractivity contribution in [3.63, 3.8) is 0 Å². The van der Waals surface area contributed by atoms with Gasteiger partial charge in [-0.2, -0.15) is 5.10 Å². The number of aryl methyl sites for hydroxylation is 2. The Kier molecular flexibility index (Phi) is 6.58. The fourth-order valence-corrected chi connectivity index (χ4v) is 2.68. The Balaban J connectivity index is 2.58. The van der Waals surface area contributed by atoms with E-state index in [1.807, 2.05) is 27.7 Å². The van der Waals surface area contributed by atoms with Crippen LogP contribution in [0.4, 0.5) is 0 Å². The molecule has 1 rings (SSSR count). The summed E-state index contributed by atoms with van der Waals surface area (Å²) in [5, 5.41) is 4.01. The number of nitrogens with zero attached hydrogens (tertiary/aromatic N) is 1. The molecule has 0 aromatic heterocycles. The summed E-state index contributed by atoms with van der Waals surface area (Å²) >= 11 is 5.04. The maximum atomic E-state index is 11.7. The van der Waals surface area contributed by atoms with Crippen molar-refractivity contribution < 1.29 is 4.79 Å². The van der Waals surface area contributed by atoms with Crippen LogP contribution in [0.1, 0.15) is 31.4 Å². The van der Waals surface area contributed by atoms with Crippen LogP contribution < -0.4 is 5.43 Å². The molecule has 1 N–H and O–H groups in total. The quantitative estimate of drug-likeness (QED) is 0.498. The molecule has 0 heterocycles. The summed E-state index contributed by atoms with van der Waals surface area (Å²) in [5.74, 6) is 0.306. The van der Waals surface area contributed by atoms with E-state index in [0.29, 0.717) is 5.75 Å². The van der Waals surface area contributed by atoms with Gasteiger partial charge in [-0.15, -0.1) is 11.8 Å². The van der Waals surface area contributed by atoms with Crippen LogP contribution >= 0.6 is 27.7 Å².